The Morgan fingerprint density at radius 1 is 1.40 bits per heavy atom. The fraction of sp³-hybridized carbons (Fsp3) is 0.500. The molecule has 3 nitrogen and oxygen atoms in total. The highest BCUT2D eigenvalue weighted by molar-refractivity contribution is 9.10. The Morgan fingerprint density at radius 3 is 2.75 bits per heavy atom. The van der Waals surface area contributed by atoms with Crippen LogP contribution in [0.5, 0.6) is 0 Å². The zero-order chi connectivity index (χ0) is 14.5. The van der Waals surface area contributed by atoms with Crippen LogP contribution in [0.3, 0.4) is 0 Å². The number of nitrogens with zero attached hydrogens (tertiary/aromatic N) is 1. The summed E-state index contributed by atoms with van der Waals surface area (Å²) in [5.74, 6) is 0.518. The maximum absolute atomic E-state index is 12.5. The molecule has 1 amide bonds. The zero-order valence-electron chi connectivity index (χ0n) is 10.9. The maximum Gasteiger partial charge on any atom is 0.255 e. The lowest BCUT2D eigenvalue weighted by atomic mass is 10.1. The second kappa shape index (κ2) is 7.64. The van der Waals surface area contributed by atoms with E-state index in [9.17, 15) is 4.79 Å². The number of amides is 1. The van der Waals surface area contributed by atoms with Crippen molar-refractivity contribution in [2.75, 3.05) is 25.6 Å². The van der Waals surface area contributed by atoms with Gasteiger partial charge in [-0.25, -0.2) is 0 Å². The number of hydrogen-bond acceptors (Lipinski definition) is 2. The number of likely N-dealkylation sites (tertiary alicyclic amines) is 1. The molecule has 2 rings (SSSR count). The van der Waals surface area contributed by atoms with Crippen molar-refractivity contribution in [3.63, 3.8) is 0 Å². The summed E-state index contributed by atoms with van der Waals surface area (Å²) in [5.41, 5.74) is 0.609. The first-order chi connectivity index (χ1) is 9.61. The fourth-order valence-corrected chi connectivity index (χ4v) is 2.95. The average molecular weight is 381 g/mol. The van der Waals surface area contributed by atoms with Crippen molar-refractivity contribution in [3.05, 3.63) is 33.3 Å². The third kappa shape index (κ3) is 4.10. The summed E-state index contributed by atoms with van der Waals surface area (Å²) in [6, 6.07) is 5.25. The molecule has 0 bridgehead atoms. The van der Waals surface area contributed by atoms with Crippen molar-refractivity contribution in [2.24, 2.45) is 0 Å². The Bertz CT molecular complexity index is 476. The van der Waals surface area contributed by atoms with Crippen LogP contribution in [0.15, 0.2) is 22.7 Å². The Hall–Kier alpha value is -0.290. The topological polar surface area (TPSA) is 29.5 Å². The van der Waals surface area contributed by atoms with Crippen molar-refractivity contribution in [1.29, 1.82) is 0 Å². The van der Waals surface area contributed by atoms with Crippen LogP contribution in [0, 0.1) is 0 Å². The van der Waals surface area contributed by atoms with Gasteiger partial charge in [0.25, 0.3) is 5.91 Å². The normalized spacial score (nSPS) is 16.4. The minimum absolute atomic E-state index is 0.00942. The largest absolute Gasteiger partial charge is 0.377 e. The van der Waals surface area contributed by atoms with E-state index in [-0.39, 0.29) is 12.0 Å². The first-order valence-corrected chi connectivity index (χ1v) is 8.24. The van der Waals surface area contributed by atoms with Gasteiger partial charge in [0.15, 0.2) is 0 Å². The lowest BCUT2D eigenvalue weighted by molar-refractivity contribution is 0.0154. The molecule has 1 aliphatic rings. The molecule has 1 aromatic rings. The highest BCUT2D eigenvalue weighted by atomic mass is 79.9. The zero-order valence-corrected chi connectivity index (χ0v) is 14.0. The second-order valence-corrected chi connectivity index (χ2v) is 6.34. The monoisotopic (exact) mass is 379 g/mol. The van der Waals surface area contributed by atoms with Gasteiger partial charge in [-0.3, -0.25) is 4.79 Å². The van der Waals surface area contributed by atoms with Gasteiger partial charge in [0.2, 0.25) is 0 Å². The van der Waals surface area contributed by atoms with E-state index in [1.165, 1.54) is 0 Å². The van der Waals surface area contributed by atoms with Crippen LogP contribution in [-0.2, 0) is 4.74 Å². The van der Waals surface area contributed by atoms with Crippen molar-refractivity contribution in [1.82, 2.24) is 4.90 Å². The summed E-state index contributed by atoms with van der Waals surface area (Å²) in [6.45, 7) is 1.97. The highest BCUT2D eigenvalue weighted by Gasteiger charge is 2.25. The van der Waals surface area contributed by atoms with Gasteiger partial charge in [0.1, 0.15) is 0 Å². The summed E-state index contributed by atoms with van der Waals surface area (Å²) in [7, 11) is 0. The van der Waals surface area contributed by atoms with Crippen LogP contribution in [0.1, 0.15) is 23.2 Å². The molecular formula is C14H16BrCl2NO2. The third-order valence-electron chi connectivity index (χ3n) is 3.32. The van der Waals surface area contributed by atoms with Crippen LogP contribution >= 0.6 is 39.1 Å². The lowest BCUT2D eigenvalue weighted by Crippen LogP contribution is -2.41. The maximum atomic E-state index is 12.5. The molecule has 6 heteroatoms. The SMILES string of the molecule is O=C(c1cc(Cl)ccc1Br)N1CCC(OCCCl)CC1. The molecule has 0 saturated carbocycles. The van der Waals surface area contributed by atoms with Gasteiger partial charge in [0.05, 0.1) is 18.3 Å². The van der Waals surface area contributed by atoms with E-state index in [4.69, 9.17) is 27.9 Å². The molecule has 0 unspecified atom stereocenters. The minimum atomic E-state index is 0.00942. The Kier molecular flexibility index (Phi) is 6.15. The predicted molar refractivity (Wildman–Crippen MR) is 84.7 cm³/mol. The van der Waals surface area contributed by atoms with Crippen LogP contribution in [0.4, 0.5) is 0 Å². The van der Waals surface area contributed by atoms with Gasteiger partial charge in [-0.2, -0.15) is 0 Å². The van der Waals surface area contributed by atoms with Gasteiger partial charge in [-0.15, -0.1) is 11.6 Å². The highest BCUT2D eigenvalue weighted by Crippen LogP contribution is 2.24. The van der Waals surface area contributed by atoms with E-state index in [2.05, 4.69) is 15.9 Å². The molecule has 1 heterocycles. The molecule has 0 radical (unpaired) electrons. The van der Waals surface area contributed by atoms with Gasteiger partial charge in [-0.05, 0) is 47.0 Å². The Morgan fingerprint density at radius 2 is 2.10 bits per heavy atom. The number of ether oxygens (including phenoxy) is 1. The molecule has 110 valence electrons. The molecular weight excluding hydrogens is 365 g/mol. The molecule has 20 heavy (non-hydrogen) atoms. The van der Waals surface area contributed by atoms with E-state index in [1.54, 1.807) is 18.2 Å². The minimum Gasteiger partial charge on any atom is -0.377 e. The molecule has 0 aromatic heterocycles. The molecule has 0 spiro atoms. The molecule has 0 atom stereocenters. The number of carbonyl (C=O) groups is 1. The first kappa shape index (κ1) is 16.1. The summed E-state index contributed by atoms with van der Waals surface area (Å²) >= 11 is 15.0. The number of rotatable bonds is 4. The number of piperidine rings is 1. The number of halogens is 3. The predicted octanol–water partition coefficient (Wildman–Crippen LogP) is 3.96. The Balaban J connectivity index is 1.96. The standard InChI is InChI=1S/C14H16BrCl2NO2/c15-13-2-1-10(17)9-12(13)14(19)18-6-3-11(4-7-18)20-8-5-16/h1-2,9,11H,3-8H2. The molecule has 1 saturated heterocycles. The van der Waals surface area contributed by atoms with E-state index >= 15 is 0 Å². The van der Waals surface area contributed by atoms with Crippen LogP contribution in [-0.4, -0.2) is 42.5 Å². The summed E-state index contributed by atoms with van der Waals surface area (Å²) < 4.78 is 6.38. The van der Waals surface area contributed by atoms with Crippen molar-refractivity contribution in [2.45, 2.75) is 18.9 Å². The summed E-state index contributed by atoms with van der Waals surface area (Å²) in [5, 5.41) is 0.567. The van der Waals surface area contributed by atoms with Gasteiger partial charge in [0, 0.05) is 28.5 Å². The molecule has 1 fully saturated rings. The molecule has 0 aliphatic carbocycles. The molecule has 0 N–H and O–H groups in total. The smallest absolute Gasteiger partial charge is 0.255 e. The molecule has 1 aliphatic heterocycles. The quantitative estimate of drug-likeness (QED) is 0.740. The van der Waals surface area contributed by atoms with E-state index in [1.807, 2.05) is 4.90 Å². The van der Waals surface area contributed by atoms with Crippen LogP contribution in [0.2, 0.25) is 5.02 Å². The lowest BCUT2D eigenvalue weighted by Gasteiger charge is -2.32. The summed E-state index contributed by atoms with van der Waals surface area (Å²) in [4.78, 5) is 14.3. The number of alkyl halides is 1. The van der Waals surface area contributed by atoms with E-state index < -0.39 is 0 Å². The average Bonchev–Trinajstić information content (AvgIpc) is 2.47. The van der Waals surface area contributed by atoms with Gasteiger partial charge < -0.3 is 9.64 Å². The fourth-order valence-electron chi connectivity index (χ4n) is 2.27. The van der Waals surface area contributed by atoms with Crippen molar-refractivity contribution in [3.8, 4) is 0 Å². The van der Waals surface area contributed by atoms with Gasteiger partial charge in [-0.1, -0.05) is 11.6 Å². The van der Waals surface area contributed by atoms with Crippen molar-refractivity contribution < 1.29 is 9.53 Å². The number of benzene rings is 1. The first-order valence-electron chi connectivity index (χ1n) is 6.53. The third-order valence-corrected chi connectivity index (χ3v) is 4.40. The molecule has 1 aromatic carbocycles. The number of hydrogen-bond donors (Lipinski definition) is 0. The van der Waals surface area contributed by atoms with Gasteiger partial charge >= 0.3 is 0 Å². The van der Waals surface area contributed by atoms with Crippen LogP contribution < -0.4 is 0 Å². The van der Waals surface area contributed by atoms with E-state index in [0.29, 0.717) is 36.2 Å². The van der Waals surface area contributed by atoms with Crippen LogP contribution in [0.25, 0.3) is 0 Å². The summed E-state index contributed by atoms with van der Waals surface area (Å²) in [6.07, 6.45) is 1.90. The second-order valence-electron chi connectivity index (χ2n) is 4.68. The van der Waals surface area contributed by atoms with E-state index in [0.717, 1.165) is 17.3 Å². The van der Waals surface area contributed by atoms with Crippen molar-refractivity contribution >= 4 is 45.0 Å². The number of carbonyl (C=O) groups excluding carboxylic acids is 1. The Labute approximate surface area is 137 Å².